The number of halogens is 2. The van der Waals surface area contributed by atoms with E-state index in [1.165, 1.54) is 13.3 Å². The molecule has 2 unspecified atom stereocenters. The molecule has 5 rings (SSSR count). The Bertz CT molecular complexity index is 1610. The number of fused-ring (bicyclic) bond motifs is 2. The highest BCUT2D eigenvalue weighted by molar-refractivity contribution is 6.37. The van der Waals surface area contributed by atoms with Gasteiger partial charge < -0.3 is 34.1 Å². The van der Waals surface area contributed by atoms with Gasteiger partial charge in [0.2, 0.25) is 0 Å². The highest BCUT2D eigenvalue weighted by atomic mass is 35.5. The largest absolute Gasteiger partial charge is 0.495 e. The summed E-state index contributed by atoms with van der Waals surface area (Å²) in [6.45, 7) is 9.60. The molecule has 45 heavy (non-hydrogen) atoms. The molecular weight excluding hydrogens is 617 g/mol. The van der Waals surface area contributed by atoms with E-state index in [0.717, 1.165) is 45.4 Å². The number of methoxy groups -OCH3 is 2. The maximum absolute atomic E-state index is 12.8. The molecule has 2 saturated heterocycles. The lowest BCUT2D eigenvalue weighted by atomic mass is 9.92. The van der Waals surface area contributed by atoms with Crippen LogP contribution in [0.1, 0.15) is 45.6 Å². The molecule has 240 valence electrons. The van der Waals surface area contributed by atoms with Crippen molar-refractivity contribution in [1.29, 1.82) is 5.26 Å². The van der Waals surface area contributed by atoms with Crippen LogP contribution in [-0.2, 0) is 4.74 Å². The first-order valence-electron chi connectivity index (χ1n) is 15.1. The van der Waals surface area contributed by atoms with Gasteiger partial charge in [0.15, 0.2) is 11.5 Å². The van der Waals surface area contributed by atoms with Crippen molar-refractivity contribution in [2.45, 2.75) is 51.7 Å². The molecule has 2 aliphatic rings. The topological polar surface area (TPSA) is 109 Å². The van der Waals surface area contributed by atoms with Crippen molar-refractivity contribution in [1.82, 2.24) is 14.8 Å². The number of aromatic nitrogens is 1. The molecule has 2 aromatic carbocycles. The van der Waals surface area contributed by atoms with Crippen molar-refractivity contribution in [3.8, 4) is 23.3 Å². The van der Waals surface area contributed by atoms with E-state index in [0.29, 0.717) is 67.7 Å². The summed E-state index contributed by atoms with van der Waals surface area (Å²) in [6, 6.07) is 9.26. The van der Waals surface area contributed by atoms with E-state index in [2.05, 4.69) is 21.3 Å². The number of hydrogen-bond acceptors (Lipinski definition) is 9. The zero-order valence-electron chi connectivity index (χ0n) is 26.3. The molecule has 3 heterocycles. The molecule has 12 heteroatoms. The zero-order valence-corrected chi connectivity index (χ0v) is 27.8. The van der Waals surface area contributed by atoms with Crippen LogP contribution < -0.4 is 19.5 Å². The summed E-state index contributed by atoms with van der Waals surface area (Å²) in [4.78, 5) is 21.7. The van der Waals surface area contributed by atoms with Gasteiger partial charge in [-0.2, -0.15) is 5.26 Å². The van der Waals surface area contributed by atoms with Gasteiger partial charge in [-0.25, -0.2) is 4.79 Å². The number of rotatable bonds is 9. The molecule has 1 amide bonds. The zero-order chi connectivity index (χ0) is 32.3. The van der Waals surface area contributed by atoms with Gasteiger partial charge in [0, 0.05) is 49.9 Å². The normalized spacial score (nSPS) is 18.3. The standard InChI is InChI=1S/C33H39Cl2N5O5/c1-33(2,3)45-32(41)40-10-6-8-20-18-39(19-27(20)40)9-7-11-44-30-14-25-22(12-29(30)43-5)31(21(16-36)17-37-25)38-26-15-28(42-4)24(35)13-23(26)34/h12-15,17,20,27H,6-11,18-19H2,1-5H3,(H,37,38). The van der Waals surface area contributed by atoms with Gasteiger partial charge in [0.25, 0.3) is 0 Å². The molecule has 1 N–H and O–H groups in total. The number of nitriles is 1. The maximum Gasteiger partial charge on any atom is 0.410 e. The van der Waals surface area contributed by atoms with Crippen molar-refractivity contribution in [3.05, 3.63) is 46.1 Å². The molecule has 2 aliphatic heterocycles. The van der Waals surface area contributed by atoms with Crippen LogP contribution in [0.15, 0.2) is 30.5 Å². The highest BCUT2D eigenvalue weighted by Gasteiger charge is 2.42. The maximum atomic E-state index is 12.8. The molecule has 0 spiro atoms. The van der Waals surface area contributed by atoms with E-state index < -0.39 is 5.60 Å². The van der Waals surface area contributed by atoms with Crippen LogP contribution >= 0.6 is 23.2 Å². The summed E-state index contributed by atoms with van der Waals surface area (Å²) in [5.41, 5.74) is 1.50. The van der Waals surface area contributed by atoms with Gasteiger partial charge in [-0.1, -0.05) is 23.2 Å². The van der Waals surface area contributed by atoms with E-state index in [9.17, 15) is 10.1 Å². The predicted molar refractivity (Wildman–Crippen MR) is 175 cm³/mol. The Morgan fingerprint density at radius 1 is 1.09 bits per heavy atom. The van der Waals surface area contributed by atoms with Gasteiger partial charge in [-0.05, 0) is 58.1 Å². The number of piperidine rings is 1. The van der Waals surface area contributed by atoms with Crippen molar-refractivity contribution >= 4 is 51.6 Å². The Morgan fingerprint density at radius 2 is 1.87 bits per heavy atom. The third-order valence-electron chi connectivity index (χ3n) is 8.14. The first-order valence-corrected chi connectivity index (χ1v) is 15.8. The number of benzene rings is 2. The number of pyridine rings is 1. The average Bonchev–Trinajstić information content (AvgIpc) is 3.42. The minimum atomic E-state index is -0.506. The fraction of sp³-hybridized carbons (Fsp3) is 0.485. The van der Waals surface area contributed by atoms with E-state index in [1.54, 1.807) is 25.3 Å². The SMILES string of the molecule is COc1cc(Nc2c(C#N)cnc3cc(OCCCN4CC5CCCN(C(=O)OC(C)(C)C)C5C4)c(OC)cc23)c(Cl)cc1Cl. The molecular formula is C33H39Cl2N5O5. The quantitative estimate of drug-likeness (QED) is 0.238. The lowest BCUT2D eigenvalue weighted by Gasteiger charge is -2.37. The van der Waals surface area contributed by atoms with E-state index >= 15 is 0 Å². The van der Waals surface area contributed by atoms with Crippen LogP contribution in [0.2, 0.25) is 10.0 Å². The first-order chi connectivity index (χ1) is 21.5. The van der Waals surface area contributed by atoms with Crippen molar-refractivity contribution in [2.24, 2.45) is 5.92 Å². The van der Waals surface area contributed by atoms with E-state index in [1.807, 2.05) is 31.7 Å². The number of nitrogens with one attached hydrogen (secondary N) is 1. The summed E-state index contributed by atoms with van der Waals surface area (Å²) in [6.07, 6.45) is 4.23. The molecule has 0 aliphatic carbocycles. The Kier molecular flexibility index (Phi) is 10.0. The fourth-order valence-corrected chi connectivity index (χ4v) is 6.58. The summed E-state index contributed by atoms with van der Waals surface area (Å²) < 4.78 is 22.9. The Morgan fingerprint density at radius 3 is 2.58 bits per heavy atom. The molecule has 0 bridgehead atoms. The first kappa shape index (κ1) is 32.7. The number of carbonyl (C=O) groups is 1. The second kappa shape index (κ2) is 13.8. The molecule has 0 saturated carbocycles. The summed E-state index contributed by atoms with van der Waals surface area (Å²) in [5.74, 6) is 1.98. The molecule has 10 nitrogen and oxygen atoms in total. The number of ether oxygens (including phenoxy) is 4. The van der Waals surface area contributed by atoms with Gasteiger partial charge in [-0.15, -0.1) is 0 Å². The number of nitrogens with zero attached hydrogens (tertiary/aromatic N) is 4. The summed E-state index contributed by atoms with van der Waals surface area (Å²) >= 11 is 12.7. The smallest absolute Gasteiger partial charge is 0.410 e. The van der Waals surface area contributed by atoms with Gasteiger partial charge in [-0.3, -0.25) is 4.98 Å². The van der Waals surface area contributed by atoms with Crippen molar-refractivity contribution in [2.75, 3.05) is 52.3 Å². The number of carbonyl (C=O) groups excluding carboxylic acids is 1. The predicted octanol–water partition coefficient (Wildman–Crippen LogP) is 7.27. The lowest BCUT2D eigenvalue weighted by Crippen LogP contribution is -2.50. The van der Waals surface area contributed by atoms with Crippen LogP contribution in [-0.4, -0.2) is 79.5 Å². The third-order valence-corrected chi connectivity index (χ3v) is 8.74. The minimum Gasteiger partial charge on any atom is -0.495 e. The molecule has 2 atom stereocenters. The Labute approximate surface area is 274 Å². The third kappa shape index (κ3) is 7.43. The molecule has 0 radical (unpaired) electrons. The van der Waals surface area contributed by atoms with Crippen LogP contribution in [0, 0.1) is 17.2 Å². The minimum absolute atomic E-state index is 0.186. The van der Waals surface area contributed by atoms with Crippen molar-refractivity contribution < 1.29 is 23.7 Å². The fourth-order valence-electron chi connectivity index (χ4n) is 6.08. The van der Waals surface area contributed by atoms with E-state index in [-0.39, 0.29) is 12.1 Å². The number of hydrogen-bond donors (Lipinski definition) is 1. The highest BCUT2D eigenvalue weighted by Crippen LogP contribution is 2.40. The monoisotopic (exact) mass is 655 g/mol. The van der Waals surface area contributed by atoms with Gasteiger partial charge >= 0.3 is 6.09 Å². The van der Waals surface area contributed by atoms with E-state index in [4.69, 9.17) is 42.1 Å². The van der Waals surface area contributed by atoms with Crippen LogP contribution in [0.5, 0.6) is 17.2 Å². The molecule has 1 aromatic heterocycles. The number of likely N-dealkylation sites (tertiary alicyclic amines) is 2. The van der Waals surface area contributed by atoms with Crippen LogP contribution in [0.4, 0.5) is 16.2 Å². The van der Waals surface area contributed by atoms with Gasteiger partial charge in [0.05, 0.1) is 59.4 Å². The summed E-state index contributed by atoms with van der Waals surface area (Å²) in [7, 11) is 3.09. The number of amides is 1. The Balaban J connectivity index is 1.26. The molecule has 3 aromatic rings. The average molecular weight is 657 g/mol. The number of anilines is 2. The summed E-state index contributed by atoms with van der Waals surface area (Å²) in [5, 5.41) is 14.5. The Hall–Kier alpha value is -3.65. The molecule has 2 fully saturated rings. The van der Waals surface area contributed by atoms with Crippen molar-refractivity contribution in [3.63, 3.8) is 0 Å². The second-order valence-corrected chi connectivity index (χ2v) is 13.2. The van der Waals surface area contributed by atoms with Crippen LogP contribution in [0.3, 0.4) is 0 Å². The van der Waals surface area contributed by atoms with Crippen LogP contribution in [0.25, 0.3) is 10.9 Å². The lowest BCUT2D eigenvalue weighted by molar-refractivity contribution is 0.00621. The second-order valence-electron chi connectivity index (χ2n) is 12.4. The van der Waals surface area contributed by atoms with Gasteiger partial charge in [0.1, 0.15) is 17.4 Å².